The average Bonchev–Trinajstić information content (AvgIpc) is 2.74. The zero-order valence-corrected chi connectivity index (χ0v) is 14.3. The van der Waals surface area contributed by atoms with Gasteiger partial charge in [-0.05, 0) is 24.0 Å². The Morgan fingerprint density at radius 3 is 2.48 bits per heavy atom. The van der Waals surface area contributed by atoms with Crippen molar-refractivity contribution in [2.75, 3.05) is 7.11 Å². The minimum Gasteiger partial charge on any atom is -0.496 e. The number of rotatable bonds is 4. The number of aromatic nitrogens is 1. The lowest BCUT2D eigenvalue weighted by Gasteiger charge is -2.18. The molecular formula is C15H20ClNO3S. The van der Waals surface area contributed by atoms with Crippen molar-refractivity contribution in [3.63, 3.8) is 0 Å². The summed E-state index contributed by atoms with van der Waals surface area (Å²) in [4.78, 5) is 0.102. The smallest absolute Gasteiger partial charge is 0.263 e. The third kappa shape index (κ3) is 3.52. The summed E-state index contributed by atoms with van der Waals surface area (Å²) < 4.78 is 30.9. The molecule has 4 nitrogen and oxygen atoms in total. The van der Waals surface area contributed by atoms with Crippen LogP contribution in [0.2, 0.25) is 0 Å². The summed E-state index contributed by atoms with van der Waals surface area (Å²) in [5.41, 5.74) is 0.980. The summed E-state index contributed by atoms with van der Waals surface area (Å²) in [6, 6.07) is 5.47. The summed E-state index contributed by atoms with van der Waals surface area (Å²) in [6.45, 7) is 7.18. The Bertz CT molecular complexity index is 757. The van der Waals surface area contributed by atoms with E-state index < -0.39 is 9.05 Å². The van der Waals surface area contributed by atoms with Crippen LogP contribution in [0.3, 0.4) is 0 Å². The second-order valence-corrected chi connectivity index (χ2v) is 8.82. The zero-order valence-electron chi connectivity index (χ0n) is 12.7. The molecule has 0 saturated carbocycles. The number of benzene rings is 1. The molecule has 0 bridgehead atoms. The van der Waals surface area contributed by atoms with E-state index in [2.05, 4.69) is 20.8 Å². The number of hydrogen-bond acceptors (Lipinski definition) is 3. The number of hydrogen-bond donors (Lipinski definition) is 0. The van der Waals surface area contributed by atoms with Crippen molar-refractivity contribution in [2.45, 2.75) is 38.6 Å². The van der Waals surface area contributed by atoms with Gasteiger partial charge < -0.3 is 9.30 Å². The molecule has 2 rings (SSSR count). The minimum atomic E-state index is -3.82. The van der Waals surface area contributed by atoms with Gasteiger partial charge in [-0.3, -0.25) is 0 Å². The first kappa shape index (κ1) is 16.2. The maximum atomic E-state index is 11.8. The van der Waals surface area contributed by atoms with E-state index in [1.807, 2.05) is 16.7 Å². The van der Waals surface area contributed by atoms with E-state index in [0.717, 1.165) is 18.5 Å². The molecule has 21 heavy (non-hydrogen) atoms. The number of methoxy groups -OCH3 is 1. The van der Waals surface area contributed by atoms with Crippen molar-refractivity contribution in [3.05, 3.63) is 24.4 Å². The average molecular weight is 330 g/mol. The maximum Gasteiger partial charge on any atom is 0.263 e. The predicted octanol–water partition coefficient (Wildman–Crippen LogP) is 4.01. The van der Waals surface area contributed by atoms with Gasteiger partial charge in [-0.2, -0.15) is 0 Å². The number of halogens is 1. The Labute approximate surface area is 130 Å². The molecule has 0 fully saturated rings. The van der Waals surface area contributed by atoms with E-state index >= 15 is 0 Å². The predicted molar refractivity (Wildman–Crippen MR) is 85.6 cm³/mol. The SMILES string of the molecule is COc1cccc2c1c(S(=O)(=O)Cl)cn2CCC(C)(C)C. The topological polar surface area (TPSA) is 48.3 Å². The van der Waals surface area contributed by atoms with Gasteiger partial charge in [0, 0.05) is 23.4 Å². The van der Waals surface area contributed by atoms with Crippen LogP contribution >= 0.6 is 10.7 Å². The molecule has 1 aromatic carbocycles. The Balaban J connectivity index is 2.63. The molecule has 0 spiro atoms. The molecular weight excluding hydrogens is 310 g/mol. The highest BCUT2D eigenvalue weighted by atomic mass is 35.7. The third-order valence-corrected chi connectivity index (χ3v) is 4.75. The van der Waals surface area contributed by atoms with Gasteiger partial charge in [0.15, 0.2) is 0 Å². The Kier molecular flexibility index (Phi) is 4.26. The summed E-state index contributed by atoms with van der Waals surface area (Å²) in [7, 11) is 3.27. The quantitative estimate of drug-likeness (QED) is 0.796. The first-order valence-electron chi connectivity index (χ1n) is 6.74. The molecule has 2 aromatic rings. The molecule has 0 aliphatic heterocycles. The van der Waals surface area contributed by atoms with Gasteiger partial charge in [-0.15, -0.1) is 0 Å². The maximum absolute atomic E-state index is 11.8. The molecule has 0 radical (unpaired) electrons. The van der Waals surface area contributed by atoms with Crippen LogP contribution < -0.4 is 4.74 Å². The summed E-state index contributed by atoms with van der Waals surface area (Å²) in [5, 5.41) is 0.545. The number of ether oxygens (including phenoxy) is 1. The highest BCUT2D eigenvalue weighted by Gasteiger charge is 2.22. The van der Waals surface area contributed by atoms with Gasteiger partial charge in [0.05, 0.1) is 18.0 Å². The van der Waals surface area contributed by atoms with E-state index in [9.17, 15) is 8.42 Å². The molecule has 0 aliphatic rings. The monoisotopic (exact) mass is 329 g/mol. The van der Waals surface area contributed by atoms with Crippen LogP contribution in [0.25, 0.3) is 10.9 Å². The van der Waals surface area contributed by atoms with Gasteiger partial charge >= 0.3 is 0 Å². The van der Waals surface area contributed by atoms with Crippen LogP contribution in [0, 0.1) is 5.41 Å². The van der Waals surface area contributed by atoms with Crippen molar-refractivity contribution in [1.29, 1.82) is 0 Å². The van der Waals surface area contributed by atoms with E-state index in [0.29, 0.717) is 11.1 Å². The van der Waals surface area contributed by atoms with E-state index in [4.69, 9.17) is 15.4 Å². The van der Waals surface area contributed by atoms with Crippen LogP contribution in [-0.4, -0.2) is 20.1 Å². The summed E-state index contributed by atoms with van der Waals surface area (Å²) in [5.74, 6) is 0.515. The molecule has 1 aromatic heterocycles. The lowest BCUT2D eigenvalue weighted by molar-refractivity contribution is 0.353. The minimum absolute atomic E-state index is 0.102. The van der Waals surface area contributed by atoms with E-state index in [1.54, 1.807) is 12.3 Å². The molecule has 0 atom stereocenters. The van der Waals surface area contributed by atoms with Crippen molar-refractivity contribution in [1.82, 2.24) is 4.57 Å². The standard InChI is InChI=1S/C15H20ClNO3S/c1-15(2,3)8-9-17-10-13(21(16,18)19)14-11(17)6-5-7-12(14)20-4/h5-7,10H,8-9H2,1-4H3. The molecule has 0 aliphatic carbocycles. The van der Waals surface area contributed by atoms with Crippen LogP contribution in [0.1, 0.15) is 27.2 Å². The molecule has 6 heteroatoms. The Morgan fingerprint density at radius 1 is 1.29 bits per heavy atom. The third-order valence-electron chi connectivity index (χ3n) is 3.42. The summed E-state index contributed by atoms with van der Waals surface area (Å²) >= 11 is 0. The Hall–Kier alpha value is -1.20. The van der Waals surface area contributed by atoms with Gasteiger partial charge in [0.1, 0.15) is 10.6 Å². The van der Waals surface area contributed by atoms with Gasteiger partial charge in [-0.25, -0.2) is 8.42 Å². The van der Waals surface area contributed by atoms with Crippen LogP contribution in [-0.2, 0) is 15.6 Å². The van der Waals surface area contributed by atoms with E-state index in [-0.39, 0.29) is 10.3 Å². The number of nitrogens with zero attached hydrogens (tertiary/aromatic N) is 1. The largest absolute Gasteiger partial charge is 0.496 e. The van der Waals surface area contributed by atoms with Crippen molar-refractivity contribution >= 4 is 30.6 Å². The highest BCUT2D eigenvalue weighted by Crippen LogP contribution is 2.35. The van der Waals surface area contributed by atoms with Crippen LogP contribution in [0.5, 0.6) is 5.75 Å². The summed E-state index contributed by atoms with van der Waals surface area (Å²) in [6.07, 6.45) is 2.52. The van der Waals surface area contributed by atoms with Crippen molar-refractivity contribution in [2.24, 2.45) is 5.41 Å². The number of aryl methyl sites for hydroxylation is 1. The van der Waals surface area contributed by atoms with Gasteiger partial charge in [0.25, 0.3) is 9.05 Å². The van der Waals surface area contributed by atoms with E-state index in [1.165, 1.54) is 7.11 Å². The molecule has 0 unspecified atom stereocenters. The van der Waals surface area contributed by atoms with Gasteiger partial charge in [-0.1, -0.05) is 26.8 Å². The second kappa shape index (κ2) is 5.54. The second-order valence-electron chi connectivity index (χ2n) is 6.29. The fourth-order valence-corrected chi connectivity index (χ4v) is 3.33. The van der Waals surface area contributed by atoms with Crippen LogP contribution in [0.4, 0.5) is 0 Å². The lowest BCUT2D eigenvalue weighted by Crippen LogP contribution is -2.09. The fraction of sp³-hybridized carbons (Fsp3) is 0.467. The molecule has 116 valence electrons. The Morgan fingerprint density at radius 2 is 1.95 bits per heavy atom. The number of fused-ring (bicyclic) bond motifs is 1. The van der Waals surface area contributed by atoms with Gasteiger partial charge in [0.2, 0.25) is 0 Å². The molecule has 0 amide bonds. The zero-order chi connectivity index (χ0) is 15.8. The van der Waals surface area contributed by atoms with Crippen LogP contribution in [0.15, 0.2) is 29.3 Å². The first-order chi connectivity index (χ1) is 9.63. The lowest BCUT2D eigenvalue weighted by atomic mass is 9.92. The molecule has 0 N–H and O–H groups in total. The molecule has 0 saturated heterocycles. The first-order valence-corrected chi connectivity index (χ1v) is 9.05. The molecule has 1 heterocycles. The van der Waals surface area contributed by atoms with Crippen molar-refractivity contribution in [3.8, 4) is 5.75 Å². The highest BCUT2D eigenvalue weighted by molar-refractivity contribution is 8.14. The normalized spacial score (nSPS) is 12.8. The fourth-order valence-electron chi connectivity index (χ4n) is 2.28. The van der Waals surface area contributed by atoms with Crippen molar-refractivity contribution < 1.29 is 13.2 Å².